The van der Waals surface area contributed by atoms with E-state index in [1.165, 1.54) is 0 Å². The molecule has 6 heteroatoms. The monoisotopic (exact) mass is 338 g/mol. The van der Waals surface area contributed by atoms with Crippen molar-refractivity contribution in [2.75, 3.05) is 17.3 Å². The van der Waals surface area contributed by atoms with E-state index in [1.54, 1.807) is 36.4 Å². The summed E-state index contributed by atoms with van der Waals surface area (Å²) in [6.07, 6.45) is 0. The van der Waals surface area contributed by atoms with Crippen molar-refractivity contribution in [2.45, 2.75) is 0 Å². The minimum absolute atomic E-state index is 0.236. The molecule has 0 aliphatic heterocycles. The Hall–Kier alpha value is -2.92. The fourth-order valence-corrected chi connectivity index (χ4v) is 2.36. The van der Waals surface area contributed by atoms with Crippen molar-refractivity contribution in [3.8, 4) is 0 Å². The van der Waals surface area contributed by atoms with Crippen LogP contribution in [0.2, 0.25) is 5.02 Å². The van der Waals surface area contributed by atoms with Crippen LogP contribution in [-0.2, 0) is 0 Å². The third-order valence-corrected chi connectivity index (χ3v) is 3.69. The Labute approximate surface area is 144 Å². The lowest BCUT2D eigenvalue weighted by Gasteiger charge is -2.17. The van der Waals surface area contributed by atoms with Crippen molar-refractivity contribution >= 4 is 34.7 Å². The van der Waals surface area contributed by atoms with Gasteiger partial charge in [0.15, 0.2) is 11.5 Å². The molecule has 0 radical (unpaired) electrons. The van der Waals surface area contributed by atoms with Gasteiger partial charge in [-0.3, -0.25) is 4.79 Å². The molecule has 0 fully saturated rings. The summed E-state index contributed by atoms with van der Waals surface area (Å²) in [5, 5.41) is 11.4. The standard InChI is InChI=1S/C18H15ClN4O/c1-23(15-8-3-2-4-9-15)17-11-10-16(21-22-17)18(24)20-14-7-5-6-13(19)12-14/h2-12H,1H3,(H,20,24). The number of nitrogens with one attached hydrogen (secondary N) is 1. The third kappa shape index (κ3) is 3.70. The smallest absolute Gasteiger partial charge is 0.276 e. The molecule has 1 aromatic heterocycles. The van der Waals surface area contributed by atoms with E-state index in [0.717, 1.165) is 5.69 Å². The molecule has 0 unspecified atom stereocenters. The molecule has 0 bridgehead atoms. The maximum absolute atomic E-state index is 12.2. The number of amides is 1. The lowest BCUT2D eigenvalue weighted by molar-refractivity contribution is 0.102. The van der Waals surface area contributed by atoms with E-state index in [9.17, 15) is 4.79 Å². The van der Waals surface area contributed by atoms with Crippen molar-refractivity contribution in [3.63, 3.8) is 0 Å². The minimum atomic E-state index is -0.335. The van der Waals surface area contributed by atoms with Crippen molar-refractivity contribution < 1.29 is 4.79 Å². The van der Waals surface area contributed by atoms with Gasteiger partial charge in [0.25, 0.3) is 5.91 Å². The van der Waals surface area contributed by atoms with E-state index in [0.29, 0.717) is 16.5 Å². The summed E-state index contributed by atoms with van der Waals surface area (Å²) in [6, 6.07) is 20.1. The van der Waals surface area contributed by atoms with Crippen LogP contribution in [0.25, 0.3) is 0 Å². The van der Waals surface area contributed by atoms with E-state index in [1.807, 2.05) is 42.3 Å². The Kier molecular flexibility index (Phi) is 4.72. The van der Waals surface area contributed by atoms with Crippen LogP contribution in [0.1, 0.15) is 10.5 Å². The van der Waals surface area contributed by atoms with Gasteiger partial charge in [-0.15, -0.1) is 10.2 Å². The molecule has 1 heterocycles. The first kappa shape index (κ1) is 16.0. The van der Waals surface area contributed by atoms with E-state index in [-0.39, 0.29) is 11.6 Å². The Morgan fingerprint density at radius 2 is 1.79 bits per heavy atom. The molecule has 0 spiro atoms. The van der Waals surface area contributed by atoms with Crippen LogP contribution in [0.4, 0.5) is 17.2 Å². The van der Waals surface area contributed by atoms with Crippen LogP contribution in [0.3, 0.4) is 0 Å². The van der Waals surface area contributed by atoms with Gasteiger partial charge in [-0.1, -0.05) is 35.9 Å². The SMILES string of the molecule is CN(c1ccccc1)c1ccc(C(=O)Nc2cccc(Cl)c2)nn1. The first-order chi connectivity index (χ1) is 11.6. The fourth-order valence-electron chi connectivity index (χ4n) is 2.17. The summed E-state index contributed by atoms with van der Waals surface area (Å²) in [6.45, 7) is 0. The second-order valence-electron chi connectivity index (χ2n) is 5.14. The predicted octanol–water partition coefficient (Wildman–Crippen LogP) is 4.15. The van der Waals surface area contributed by atoms with Gasteiger partial charge in [0, 0.05) is 23.4 Å². The molecule has 24 heavy (non-hydrogen) atoms. The average molecular weight is 339 g/mol. The predicted molar refractivity (Wildman–Crippen MR) is 95.9 cm³/mol. The molecule has 0 saturated carbocycles. The molecule has 1 amide bonds. The number of anilines is 3. The number of carbonyl (C=O) groups is 1. The Balaban J connectivity index is 1.73. The number of halogens is 1. The van der Waals surface area contributed by atoms with Crippen LogP contribution in [0.15, 0.2) is 66.7 Å². The van der Waals surface area contributed by atoms with E-state index in [4.69, 9.17) is 11.6 Å². The van der Waals surface area contributed by atoms with Crippen molar-refractivity contribution in [1.29, 1.82) is 0 Å². The number of benzene rings is 2. The number of para-hydroxylation sites is 1. The van der Waals surface area contributed by atoms with E-state index >= 15 is 0 Å². The first-order valence-electron chi connectivity index (χ1n) is 7.33. The number of carbonyl (C=O) groups excluding carboxylic acids is 1. The van der Waals surface area contributed by atoms with Crippen LogP contribution in [-0.4, -0.2) is 23.2 Å². The van der Waals surface area contributed by atoms with Gasteiger partial charge in [-0.05, 0) is 42.5 Å². The van der Waals surface area contributed by atoms with Gasteiger partial charge >= 0.3 is 0 Å². The van der Waals surface area contributed by atoms with Crippen molar-refractivity contribution in [1.82, 2.24) is 10.2 Å². The second-order valence-corrected chi connectivity index (χ2v) is 5.57. The minimum Gasteiger partial charge on any atom is -0.328 e. The van der Waals surface area contributed by atoms with Crippen LogP contribution < -0.4 is 10.2 Å². The molecule has 0 saturated heterocycles. The molecule has 3 rings (SSSR count). The summed E-state index contributed by atoms with van der Waals surface area (Å²) >= 11 is 5.90. The third-order valence-electron chi connectivity index (χ3n) is 3.45. The van der Waals surface area contributed by atoms with Crippen LogP contribution in [0, 0.1) is 0 Å². The molecule has 120 valence electrons. The summed E-state index contributed by atoms with van der Waals surface area (Å²) in [4.78, 5) is 14.1. The van der Waals surface area contributed by atoms with Crippen molar-refractivity contribution in [3.05, 3.63) is 77.4 Å². The van der Waals surface area contributed by atoms with Gasteiger partial charge < -0.3 is 10.2 Å². The number of aromatic nitrogens is 2. The molecular weight excluding hydrogens is 324 g/mol. The molecule has 0 aliphatic rings. The molecule has 0 atom stereocenters. The maximum atomic E-state index is 12.2. The average Bonchev–Trinajstić information content (AvgIpc) is 2.62. The Bertz CT molecular complexity index is 837. The van der Waals surface area contributed by atoms with Crippen LogP contribution >= 0.6 is 11.6 Å². The Morgan fingerprint density at radius 3 is 2.46 bits per heavy atom. The Morgan fingerprint density at radius 1 is 1.00 bits per heavy atom. The fraction of sp³-hybridized carbons (Fsp3) is 0.0556. The zero-order chi connectivity index (χ0) is 16.9. The number of hydrogen-bond acceptors (Lipinski definition) is 4. The van der Waals surface area contributed by atoms with Crippen LogP contribution in [0.5, 0.6) is 0 Å². The molecule has 3 aromatic rings. The highest BCUT2D eigenvalue weighted by molar-refractivity contribution is 6.30. The zero-order valence-corrected chi connectivity index (χ0v) is 13.7. The van der Waals surface area contributed by atoms with Gasteiger partial charge in [0.2, 0.25) is 0 Å². The second kappa shape index (κ2) is 7.10. The highest BCUT2D eigenvalue weighted by atomic mass is 35.5. The van der Waals surface area contributed by atoms with Gasteiger partial charge in [0.1, 0.15) is 0 Å². The van der Waals surface area contributed by atoms with Gasteiger partial charge in [-0.25, -0.2) is 0 Å². The summed E-state index contributed by atoms with van der Waals surface area (Å²) in [7, 11) is 1.89. The number of nitrogens with zero attached hydrogens (tertiary/aromatic N) is 3. The molecule has 2 aromatic carbocycles. The molecular formula is C18H15ClN4O. The highest BCUT2D eigenvalue weighted by Gasteiger charge is 2.11. The maximum Gasteiger partial charge on any atom is 0.276 e. The normalized spacial score (nSPS) is 10.2. The largest absolute Gasteiger partial charge is 0.328 e. The zero-order valence-electron chi connectivity index (χ0n) is 13.0. The molecule has 5 nitrogen and oxygen atoms in total. The molecule has 1 N–H and O–H groups in total. The molecule has 0 aliphatic carbocycles. The topological polar surface area (TPSA) is 58.1 Å². The first-order valence-corrected chi connectivity index (χ1v) is 7.71. The lowest BCUT2D eigenvalue weighted by Crippen LogP contribution is -2.16. The van der Waals surface area contributed by atoms with Gasteiger partial charge in [0.05, 0.1) is 0 Å². The summed E-state index contributed by atoms with van der Waals surface area (Å²) in [5.74, 6) is 0.319. The van der Waals surface area contributed by atoms with E-state index in [2.05, 4.69) is 15.5 Å². The van der Waals surface area contributed by atoms with Crippen molar-refractivity contribution in [2.24, 2.45) is 0 Å². The quantitative estimate of drug-likeness (QED) is 0.776. The highest BCUT2D eigenvalue weighted by Crippen LogP contribution is 2.20. The summed E-state index contributed by atoms with van der Waals surface area (Å²) < 4.78 is 0. The number of rotatable bonds is 4. The van der Waals surface area contributed by atoms with E-state index < -0.39 is 0 Å². The number of hydrogen-bond donors (Lipinski definition) is 1. The van der Waals surface area contributed by atoms with Gasteiger partial charge in [-0.2, -0.15) is 0 Å². The lowest BCUT2D eigenvalue weighted by atomic mass is 10.3. The summed E-state index contributed by atoms with van der Waals surface area (Å²) in [5.41, 5.74) is 1.84.